The molecule has 1 fully saturated rings. The van der Waals surface area contributed by atoms with Gasteiger partial charge in [-0.05, 0) is 29.8 Å². The van der Waals surface area contributed by atoms with Crippen LogP contribution in [0.4, 0.5) is 0 Å². The van der Waals surface area contributed by atoms with Gasteiger partial charge in [0.25, 0.3) is 5.91 Å². The van der Waals surface area contributed by atoms with E-state index in [1.165, 1.54) is 0 Å². The fourth-order valence-electron chi connectivity index (χ4n) is 2.90. The van der Waals surface area contributed by atoms with Gasteiger partial charge in [0.05, 0.1) is 0 Å². The fraction of sp³-hybridized carbons (Fsp3) is 0.300. The standard InChI is InChI=1S/C20H21NO5/c22-18(21-12-10-20(25,11-13-21)19(23)24)16-8-6-15(7-9-16)14-26-17-4-2-1-3-5-17/h1-9,25H,10-14H2,(H,23,24). The highest BCUT2D eigenvalue weighted by molar-refractivity contribution is 5.94. The second-order valence-electron chi connectivity index (χ2n) is 6.43. The normalized spacial score (nSPS) is 16.1. The number of carbonyl (C=O) groups excluding carboxylic acids is 1. The van der Waals surface area contributed by atoms with Gasteiger partial charge in [-0.15, -0.1) is 0 Å². The molecule has 6 nitrogen and oxygen atoms in total. The average molecular weight is 355 g/mol. The van der Waals surface area contributed by atoms with Crippen LogP contribution in [0.25, 0.3) is 0 Å². The van der Waals surface area contributed by atoms with E-state index in [2.05, 4.69) is 0 Å². The number of piperidine rings is 1. The Morgan fingerprint density at radius 2 is 1.62 bits per heavy atom. The molecule has 0 atom stereocenters. The third kappa shape index (κ3) is 4.03. The molecular weight excluding hydrogens is 334 g/mol. The summed E-state index contributed by atoms with van der Waals surface area (Å²) in [6.45, 7) is 0.856. The summed E-state index contributed by atoms with van der Waals surface area (Å²) in [6.07, 6.45) is 0.0775. The van der Waals surface area contributed by atoms with Gasteiger partial charge in [-0.25, -0.2) is 4.79 Å². The summed E-state index contributed by atoms with van der Waals surface area (Å²) in [7, 11) is 0. The molecule has 1 heterocycles. The van der Waals surface area contributed by atoms with Crippen LogP contribution in [0, 0.1) is 0 Å². The van der Waals surface area contributed by atoms with Gasteiger partial charge in [-0.2, -0.15) is 0 Å². The van der Waals surface area contributed by atoms with Crippen LogP contribution < -0.4 is 4.74 Å². The Hall–Kier alpha value is -2.86. The second-order valence-corrected chi connectivity index (χ2v) is 6.43. The summed E-state index contributed by atoms with van der Waals surface area (Å²) >= 11 is 0. The van der Waals surface area contributed by atoms with Crippen molar-refractivity contribution >= 4 is 11.9 Å². The Bertz CT molecular complexity index is 765. The van der Waals surface area contributed by atoms with Crippen LogP contribution in [0.15, 0.2) is 54.6 Å². The first-order valence-corrected chi connectivity index (χ1v) is 8.50. The summed E-state index contributed by atoms with van der Waals surface area (Å²) in [4.78, 5) is 25.2. The number of rotatable bonds is 5. The molecule has 2 N–H and O–H groups in total. The highest BCUT2D eigenvalue weighted by Crippen LogP contribution is 2.23. The lowest BCUT2D eigenvalue weighted by Gasteiger charge is -2.35. The minimum atomic E-state index is -1.73. The first kappa shape index (κ1) is 17.9. The van der Waals surface area contributed by atoms with E-state index in [9.17, 15) is 14.7 Å². The molecule has 2 aromatic rings. The summed E-state index contributed by atoms with van der Waals surface area (Å²) in [6, 6.07) is 16.7. The number of ether oxygens (including phenoxy) is 1. The maximum Gasteiger partial charge on any atom is 0.335 e. The van der Waals surface area contributed by atoms with E-state index < -0.39 is 11.6 Å². The first-order chi connectivity index (χ1) is 12.5. The Morgan fingerprint density at radius 1 is 1.00 bits per heavy atom. The smallest absolute Gasteiger partial charge is 0.335 e. The van der Waals surface area contributed by atoms with Gasteiger partial charge in [0.1, 0.15) is 12.4 Å². The van der Waals surface area contributed by atoms with Crippen LogP contribution in [0.1, 0.15) is 28.8 Å². The number of nitrogens with zero attached hydrogens (tertiary/aromatic N) is 1. The van der Waals surface area contributed by atoms with E-state index >= 15 is 0 Å². The molecule has 0 bridgehead atoms. The third-order valence-electron chi connectivity index (χ3n) is 4.63. The van der Waals surface area contributed by atoms with E-state index in [4.69, 9.17) is 9.84 Å². The van der Waals surface area contributed by atoms with Crippen molar-refractivity contribution < 1.29 is 24.5 Å². The number of carboxylic acid groups (broad SMARTS) is 1. The zero-order chi connectivity index (χ0) is 18.6. The van der Waals surface area contributed by atoms with Crippen LogP contribution in [0.2, 0.25) is 0 Å². The number of benzene rings is 2. The molecule has 0 aromatic heterocycles. The highest BCUT2D eigenvalue weighted by Gasteiger charge is 2.40. The topological polar surface area (TPSA) is 87.1 Å². The first-order valence-electron chi connectivity index (χ1n) is 8.50. The minimum Gasteiger partial charge on any atom is -0.489 e. The number of para-hydroxylation sites is 1. The van der Waals surface area contributed by atoms with Crippen molar-refractivity contribution in [3.63, 3.8) is 0 Å². The molecule has 0 aliphatic carbocycles. The molecular formula is C20H21NO5. The molecule has 6 heteroatoms. The van der Waals surface area contributed by atoms with Crippen molar-refractivity contribution in [1.82, 2.24) is 4.90 Å². The largest absolute Gasteiger partial charge is 0.489 e. The molecule has 1 amide bonds. The van der Waals surface area contributed by atoms with Crippen LogP contribution in [0.3, 0.4) is 0 Å². The van der Waals surface area contributed by atoms with Gasteiger partial charge in [0.15, 0.2) is 5.60 Å². The number of hydrogen-bond acceptors (Lipinski definition) is 4. The summed E-state index contributed by atoms with van der Waals surface area (Å²) < 4.78 is 5.68. The van der Waals surface area contributed by atoms with Gasteiger partial charge in [-0.1, -0.05) is 30.3 Å². The number of hydrogen-bond donors (Lipinski definition) is 2. The molecule has 1 saturated heterocycles. The lowest BCUT2D eigenvalue weighted by molar-refractivity contribution is -0.162. The van der Waals surface area contributed by atoms with Crippen molar-refractivity contribution in [2.75, 3.05) is 13.1 Å². The lowest BCUT2D eigenvalue weighted by atomic mass is 9.91. The number of aliphatic hydroxyl groups is 1. The lowest BCUT2D eigenvalue weighted by Crippen LogP contribution is -2.50. The van der Waals surface area contributed by atoms with E-state index in [0.29, 0.717) is 12.2 Å². The fourth-order valence-corrected chi connectivity index (χ4v) is 2.90. The van der Waals surface area contributed by atoms with Gasteiger partial charge >= 0.3 is 5.97 Å². The predicted octanol–water partition coefficient (Wildman–Crippen LogP) is 2.32. The Kier molecular flexibility index (Phi) is 5.23. The zero-order valence-electron chi connectivity index (χ0n) is 14.3. The van der Waals surface area contributed by atoms with Crippen LogP contribution in [0.5, 0.6) is 5.75 Å². The Labute approximate surface area is 151 Å². The van der Waals surface area contributed by atoms with Gasteiger partial charge < -0.3 is 19.8 Å². The number of carbonyl (C=O) groups is 2. The Balaban J connectivity index is 1.57. The third-order valence-corrected chi connectivity index (χ3v) is 4.63. The molecule has 26 heavy (non-hydrogen) atoms. The van der Waals surface area contributed by atoms with E-state index in [1.807, 2.05) is 42.5 Å². The maximum absolute atomic E-state index is 12.5. The quantitative estimate of drug-likeness (QED) is 0.859. The molecule has 3 rings (SSSR count). The zero-order valence-corrected chi connectivity index (χ0v) is 14.3. The van der Waals surface area contributed by atoms with E-state index in [0.717, 1.165) is 11.3 Å². The van der Waals surface area contributed by atoms with Crippen LogP contribution >= 0.6 is 0 Å². The van der Waals surface area contributed by atoms with Crippen molar-refractivity contribution in [3.05, 3.63) is 65.7 Å². The highest BCUT2D eigenvalue weighted by atomic mass is 16.5. The van der Waals surface area contributed by atoms with E-state index in [1.54, 1.807) is 17.0 Å². The number of amides is 1. The molecule has 136 valence electrons. The monoisotopic (exact) mass is 355 g/mol. The molecule has 1 aliphatic heterocycles. The molecule has 0 unspecified atom stereocenters. The number of carboxylic acids is 1. The van der Waals surface area contributed by atoms with Crippen molar-refractivity contribution in [1.29, 1.82) is 0 Å². The summed E-state index contributed by atoms with van der Waals surface area (Å²) in [5.74, 6) is -0.604. The van der Waals surface area contributed by atoms with Crippen LogP contribution in [-0.4, -0.2) is 45.7 Å². The molecule has 0 spiro atoms. The SMILES string of the molecule is O=C(c1ccc(COc2ccccc2)cc1)N1CCC(O)(C(=O)O)CC1. The van der Waals surface area contributed by atoms with Gasteiger partial charge in [0.2, 0.25) is 0 Å². The molecule has 1 aliphatic rings. The van der Waals surface area contributed by atoms with Gasteiger partial charge in [0, 0.05) is 31.5 Å². The summed E-state index contributed by atoms with van der Waals surface area (Å²) in [5, 5.41) is 19.0. The molecule has 2 aromatic carbocycles. The second kappa shape index (κ2) is 7.58. The minimum absolute atomic E-state index is 0.0388. The number of likely N-dealkylation sites (tertiary alicyclic amines) is 1. The molecule has 0 saturated carbocycles. The molecule has 0 radical (unpaired) electrons. The average Bonchev–Trinajstić information content (AvgIpc) is 2.67. The van der Waals surface area contributed by atoms with E-state index in [-0.39, 0.29) is 31.8 Å². The number of aliphatic carboxylic acids is 1. The van der Waals surface area contributed by atoms with Gasteiger partial charge in [-0.3, -0.25) is 4.79 Å². The Morgan fingerprint density at radius 3 is 2.19 bits per heavy atom. The van der Waals surface area contributed by atoms with Crippen molar-refractivity contribution in [3.8, 4) is 5.75 Å². The van der Waals surface area contributed by atoms with Crippen molar-refractivity contribution in [2.45, 2.75) is 25.0 Å². The maximum atomic E-state index is 12.5. The predicted molar refractivity (Wildman–Crippen MR) is 94.9 cm³/mol. The van der Waals surface area contributed by atoms with Crippen LogP contribution in [-0.2, 0) is 11.4 Å². The van der Waals surface area contributed by atoms with Crippen molar-refractivity contribution in [2.24, 2.45) is 0 Å². The summed E-state index contributed by atoms with van der Waals surface area (Å²) in [5.41, 5.74) is -0.242.